The lowest BCUT2D eigenvalue weighted by Crippen LogP contribution is -2.23. The smallest absolute Gasteiger partial charge is 0.402 e. The first-order valence-electron chi connectivity index (χ1n) is 7.29. The first-order valence-corrected chi connectivity index (χ1v) is 7.29. The van der Waals surface area contributed by atoms with E-state index < -0.39 is 13.4 Å². The molecule has 0 aliphatic heterocycles. The zero-order valence-electron chi connectivity index (χ0n) is 14.3. The lowest BCUT2D eigenvalue weighted by Gasteiger charge is -2.31. The molecule has 0 heterocycles. The number of aliphatic hydroxyl groups excluding tert-OH is 2. The van der Waals surface area contributed by atoms with Crippen LogP contribution in [0.5, 0.6) is 0 Å². The first kappa shape index (κ1) is 21.1. The van der Waals surface area contributed by atoms with Gasteiger partial charge in [-0.1, -0.05) is 59.7 Å². The Labute approximate surface area is 133 Å². The van der Waals surface area contributed by atoms with Gasteiger partial charge in [0.2, 0.25) is 0 Å². The maximum absolute atomic E-state index is 10.2. The minimum absolute atomic E-state index is 0.0489. The summed E-state index contributed by atoms with van der Waals surface area (Å²) in [5.74, 6) is 0. The third-order valence-electron chi connectivity index (χ3n) is 3.23. The van der Waals surface area contributed by atoms with Crippen LogP contribution in [0.3, 0.4) is 0 Å². The summed E-state index contributed by atoms with van der Waals surface area (Å²) in [5, 5.41) is 41.0. The van der Waals surface area contributed by atoms with E-state index >= 15 is 0 Å². The molecule has 126 valence electrons. The van der Waals surface area contributed by atoms with E-state index in [1.54, 1.807) is 0 Å². The van der Waals surface area contributed by atoms with Crippen LogP contribution in [-0.2, 0) is 10.8 Å². The standard InChI is InChI=1S/C16H26O2.BH3O3/c1-15(2,3)11-8-7-9-12(16(4,5)6)14(11)13(18)10-17;2-1(3)4/h7-9,13,17-18H,10H2,1-6H3;2-4H. The molecule has 5 N–H and O–H groups in total. The largest absolute Gasteiger partial charge is 0.631 e. The van der Waals surface area contributed by atoms with Gasteiger partial charge in [-0.2, -0.15) is 0 Å². The van der Waals surface area contributed by atoms with Gasteiger partial charge in [-0.05, 0) is 27.5 Å². The van der Waals surface area contributed by atoms with Crippen molar-refractivity contribution in [3.63, 3.8) is 0 Å². The summed E-state index contributed by atoms with van der Waals surface area (Å²) in [6.45, 7) is 12.5. The molecule has 0 bridgehead atoms. The van der Waals surface area contributed by atoms with Crippen LogP contribution >= 0.6 is 0 Å². The third-order valence-corrected chi connectivity index (χ3v) is 3.23. The Morgan fingerprint density at radius 1 is 0.909 bits per heavy atom. The quantitative estimate of drug-likeness (QED) is 0.529. The summed E-state index contributed by atoms with van der Waals surface area (Å²) in [4.78, 5) is 0. The molecule has 5 nitrogen and oxygen atoms in total. The molecule has 0 aliphatic rings. The Morgan fingerprint density at radius 3 is 1.45 bits per heavy atom. The van der Waals surface area contributed by atoms with Crippen molar-refractivity contribution in [2.75, 3.05) is 6.61 Å². The van der Waals surface area contributed by atoms with Crippen molar-refractivity contribution < 1.29 is 25.3 Å². The van der Waals surface area contributed by atoms with Gasteiger partial charge in [-0.25, -0.2) is 0 Å². The second kappa shape index (κ2) is 8.08. The van der Waals surface area contributed by atoms with Gasteiger partial charge >= 0.3 is 7.32 Å². The Hall–Kier alpha value is -0.915. The summed E-state index contributed by atoms with van der Waals surface area (Å²) in [6, 6.07) is 6.13. The van der Waals surface area contributed by atoms with E-state index in [4.69, 9.17) is 15.1 Å². The van der Waals surface area contributed by atoms with Gasteiger partial charge < -0.3 is 25.3 Å². The van der Waals surface area contributed by atoms with E-state index in [1.165, 1.54) is 0 Å². The highest BCUT2D eigenvalue weighted by molar-refractivity contribution is 6.30. The number of benzene rings is 1. The molecule has 0 aromatic heterocycles. The molecule has 22 heavy (non-hydrogen) atoms. The van der Waals surface area contributed by atoms with E-state index in [0.717, 1.165) is 16.7 Å². The highest BCUT2D eigenvalue weighted by atomic mass is 16.5. The van der Waals surface area contributed by atoms with Crippen LogP contribution in [0.2, 0.25) is 0 Å². The van der Waals surface area contributed by atoms with Crippen LogP contribution in [-0.4, -0.2) is 39.2 Å². The highest BCUT2D eigenvalue weighted by Crippen LogP contribution is 2.37. The van der Waals surface area contributed by atoms with Crippen molar-refractivity contribution in [2.24, 2.45) is 0 Å². The summed E-state index contributed by atoms with van der Waals surface area (Å²) in [5.41, 5.74) is 3.01. The molecule has 1 aromatic rings. The molecule has 1 unspecified atom stereocenters. The molecule has 0 radical (unpaired) electrons. The van der Waals surface area contributed by atoms with Gasteiger partial charge in [-0.15, -0.1) is 0 Å². The van der Waals surface area contributed by atoms with Gasteiger partial charge in [0.1, 0.15) is 6.10 Å². The van der Waals surface area contributed by atoms with Gasteiger partial charge in [0.25, 0.3) is 0 Å². The normalized spacial score (nSPS) is 13.2. The summed E-state index contributed by atoms with van der Waals surface area (Å²) < 4.78 is 0. The molecule has 0 aliphatic carbocycles. The first-order chi connectivity index (χ1) is 9.82. The lowest BCUT2D eigenvalue weighted by atomic mass is 9.75. The van der Waals surface area contributed by atoms with Crippen molar-refractivity contribution in [1.82, 2.24) is 0 Å². The Bertz CT molecular complexity index is 426. The number of aliphatic hydroxyl groups is 2. The average Bonchev–Trinajstić information content (AvgIpc) is 2.34. The summed E-state index contributed by atoms with van der Waals surface area (Å²) >= 11 is 0. The minimum Gasteiger partial charge on any atom is -0.402 e. The van der Waals surface area contributed by atoms with E-state index in [0.29, 0.717) is 0 Å². The SMILES string of the molecule is CC(C)(C)c1cccc(C(C)(C)C)c1C(O)CO.OB(O)O. The van der Waals surface area contributed by atoms with Crippen molar-refractivity contribution in [1.29, 1.82) is 0 Å². The lowest BCUT2D eigenvalue weighted by molar-refractivity contribution is 0.0926. The molecule has 6 heteroatoms. The molecule has 0 amide bonds. The molecule has 1 atom stereocenters. The van der Waals surface area contributed by atoms with E-state index in [1.807, 2.05) is 18.2 Å². The van der Waals surface area contributed by atoms with Crippen LogP contribution in [0.25, 0.3) is 0 Å². The van der Waals surface area contributed by atoms with Crippen molar-refractivity contribution >= 4 is 7.32 Å². The zero-order chi connectivity index (χ0) is 17.7. The van der Waals surface area contributed by atoms with E-state index in [9.17, 15) is 10.2 Å². The number of hydrogen-bond donors (Lipinski definition) is 5. The van der Waals surface area contributed by atoms with Crippen LogP contribution in [0.1, 0.15) is 64.3 Å². The van der Waals surface area contributed by atoms with E-state index in [-0.39, 0.29) is 17.4 Å². The maximum Gasteiger partial charge on any atom is 0.631 e. The number of hydrogen-bond acceptors (Lipinski definition) is 5. The highest BCUT2D eigenvalue weighted by Gasteiger charge is 2.28. The van der Waals surface area contributed by atoms with Gasteiger partial charge in [0, 0.05) is 0 Å². The molecule has 1 rings (SSSR count). The number of rotatable bonds is 2. The fourth-order valence-corrected chi connectivity index (χ4v) is 2.32. The summed E-state index contributed by atoms with van der Waals surface area (Å²) in [7, 11) is -2.17. The topological polar surface area (TPSA) is 101 Å². The van der Waals surface area contributed by atoms with Crippen LogP contribution in [0.15, 0.2) is 18.2 Å². The molecule has 0 saturated heterocycles. The molecule has 0 fully saturated rings. The molecule has 1 aromatic carbocycles. The Kier molecular flexibility index (Phi) is 7.75. The van der Waals surface area contributed by atoms with Crippen LogP contribution in [0.4, 0.5) is 0 Å². The monoisotopic (exact) mass is 312 g/mol. The van der Waals surface area contributed by atoms with Gasteiger partial charge in [0.15, 0.2) is 0 Å². The molecule has 0 saturated carbocycles. The Morgan fingerprint density at radius 2 is 1.23 bits per heavy atom. The Balaban J connectivity index is 0.000000980. The minimum atomic E-state index is -2.17. The van der Waals surface area contributed by atoms with Crippen LogP contribution in [0, 0.1) is 0 Å². The third kappa shape index (κ3) is 6.46. The fourth-order valence-electron chi connectivity index (χ4n) is 2.32. The molecular weight excluding hydrogens is 283 g/mol. The van der Waals surface area contributed by atoms with Crippen molar-refractivity contribution in [3.8, 4) is 0 Å². The average molecular weight is 312 g/mol. The molecular formula is C16H29BO5. The van der Waals surface area contributed by atoms with Crippen molar-refractivity contribution in [2.45, 2.75) is 58.5 Å². The van der Waals surface area contributed by atoms with Gasteiger partial charge in [-0.3, -0.25) is 0 Å². The molecule has 0 spiro atoms. The predicted octanol–water partition coefficient (Wildman–Crippen LogP) is 1.26. The van der Waals surface area contributed by atoms with Gasteiger partial charge in [0.05, 0.1) is 6.61 Å². The maximum atomic E-state index is 10.2. The van der Waals surface area contributed by atoms with Crippen LogP contribution < -0.4 is 0 Å². The summed E-state index contributed by atoms with van der Waals surface area (Å²) in [6.07, 6.45) is -0.811. The van der Waals surface area contributed by atoms with E-state index in [2.05, 4.69) is 41.5 Å². The van der Waals surface area contributed by atoms with Crippen molar-refractivity contribution in [3.05, 3.63) is 34.9 Å². The second-order valence-electron chi connectivity index (χ2n) is 7.31. The zero-order valence-corrected chi connectivity index (χ0v) is 14.3. The predicted molar refractivity (Wildman–Crippen MR) is 88.3 cm³/mol. The second-order valence-corrected chi connectivity index (χ2v) is 7.31. The fraction of sp³-hybridized carbons (Fsp3) is 0.625.